The Morgan fingerprint density at radius 3 is 2.94 bits per heavy atom. The molecule has 2 atom stereocenters. The number of nitrogens with zero attached hydrogens (tertiary/aromatic N) is 1. The molecule has 1 saturated heterocycles. The molecular weight excluding hydrogens is 270 g/mol. The molecule has 1 aromatic rings. The highest BCUT2D eigenvalue weighted by Crippen LogP contribution is 2.41. The molecule has 18 heavy (non-hydrogen) atoms. The number of halogens is 1. The molecule has 0 radical (unpaired) electrons. The van der Waals surface area contributed by atoms with Crippen molar-refractivity contribution in [1.29, 1.82) is 0 Å². The molecule has 0 aromatic carbocycles. The van der Waals surface area contributed by atoms with E-state index in [2.05, 4.69) is 15.6 Å². The van der Waals surface area contributed by atoms with Crippen LogP contribution in [0.1, 0.15) is 29.3 Å². The molecule has 102 valence electrons. The maximum absolute atomic E-state index is 9.69. The number of aliphatic hydroxyl groups excluding tert-OH is 1. The summed E-state index contributed by atoms with van der Waals surface area (Å²) in [5.41, 5.74) is 3.27. The summed E-state index contributed by atoms with van der Waals surface area (Å²) in [6, 6.07) is 0. The van der Waals surface area contributed by atoms with Crippen molar-refractivity contribution in [1.82, 2.24) is 15.6 Å². The predicted octanol–water partition coefficient (Wildman–Crippen LogP) is 1.11. The van der Waals surface area contributed by atoms with Crippen LogP contribution in [-0.2, 0) is 6.54 Å². The fourth-order valence-electron chi connectivity index (χ4n) is 2.40. The summed E-state index contributed by atoms with van der Waals surface area (Å²) in [4.78, 5) is 5.84. The van der Waals surface area contributed by atoms with E-state index >= 15 is 0 Å². The number of hydrogen-bond donors (Lipinski definition) is 3. The van der Waals surface area contributed by atoms with Gasteiger partial charge in [-0.15, -0.1) is 23.7 Å². The lowest BCUT2D eigenvalue weighted by atomic mass is 10.1. The van der Waals surface area contributed by atoms with Crippen LogP contribution in [0.2, 0.25) is 0 Å². The zero-order valence-corrected chi connectivity index (χ0v) is 11.9. The third-order valence-electron chi connectivity index (χ3n) is 3.63. The second-order valence-electron chi connectivity index (χ2n) is 5.05. The van der Waals surface area contributed by atoms with Gasteiger partial charge in [-0.25, -0.2) is 4.98 Å². The van der Waals surface area contributed by atoms with Gasteiger partial charge in [0.15, 0.2) is 0 Å². The van der Waals surface area contributed by atoms with Gasteiger partial charge in [0.05, 0.1) is 17.3 Å². The third-order valence-corrected chi connectivity index (χ3v) is 4.48. The van der Waals surface area contributed by atoms with Crippen molar-refractivity contribution in [2.45, 2.75) is 31.4 Å². The standard InChI is InChI=1S/C12H19N3OS.ClH/c16-10-5-13-3-9(10)4-14-6-11-12(8-1-2-8)15-7-17-11;/h7-10,13-14,16H,1-6H2;1H. The number of nitrogens with one attached hydrogen (secondary N) is 2. The van der Waals surface area contributed by atoms with Crippen LogP contribution in [0, 0.1) is 5.92 Å². The van der Waals surface area contributed by atoms with Gasteiger partial charge in [0.2, 0.25) is 0 Å². The molecule has 3 rings (SSSR count). The van der Waals surface area contributed by atoms with Gasteiger partial charge in [-0.05, 0) is 12.8 Å². The number of hydrogen-bond acceptors (Lipinski definition) is 5. The Morgan fingerprint density at radius 2 is 2.28 bits per heavy atom. The highest BCUT2D eigenvalue weighted by Gasteiger charge is 2.28. The predicted molar refractivity (Wildman–Crippen MR) is 75.4 cm³/mol. The van der Waals surface area contributed by atoms with E-state index in [0.29, 0.717) is 5.92 Å². The summed E-state index contributed by atoms with van der Waals surface area (Å²) in [5, 5.41) is 16.3. The first kappa shape index (κ1) is 14.2. The Morgan fingerprint density at radius 1 is 1.44 bits per heavy atom. The molecule has 3 N–H and O–H groups in total. The molecule has 4 nitrogen and oxygen atoms in total. The van der Waals surface area contributed by atoms with Crippen molar-refractivity contribution < 1.29 is 5.11 Å². The van der Waals surface area contributed by atoms with Crippen LogP contribution in [0.4, 0.5) is 0 Å². The van der Waals surface area contributed by atoms with Crippen molar-refractivity contribution in [3.05, 3.63) is 16.1 Å². The van der Waals surface area contributed by atoms with Crippen molar-refractivity contribution in [2.24, 2.45) is 5.92 Å². The van der Waals surface area contributed by atoms with E-state index in [1.807, 2.05) is 5.51 Å². The van der Waals surface area contributed by atoms with Crippen LogP contribution in [-0.4, -0.2) is 35.8 Å². The van der Waals surface area contributed by atoms with E-state index in [-0.39, 0.29) is 18.5 Å². The van der Waals surface area contributed by atoms with Crippen molar-refractivity contribution in [3.8, 4) is 0 Å². The maximum Gasteiger partial charge on any atom is 0.0798 e. The van der Waals surface area contributed by atoms with Gasteiger partial charge in [0.1, 0.15) is 0 Å². The molecule has 0 spiro atoms. The van der Waals surface area contributed by atoms with E-state index in [9.17, 15) is 5.11 Å². The van der Waals surface area contributed by atoms with Gasteiger partial charge in [-0.1, -0.05) is 0 Å². The molecule has 1 saturated carbocycles. The molecule has 2 fully saturated rings. The number of aromatic nitrogens is 1. The highest BCUT2D eigenvalue weighted by molar-refractivity contribution is 7.09. The number of rotatable bonds is 5. The van der Waals surface area contributed by atoms with E-state index in [4.69, 9.17) is 0 Å². The molecule has 0 amide bonds. The molecule has 2 heterocycles. The molecule has 1 aromatic heterocycles. The van der Waals surface area contributed by atoms with Crippen LogP contribution >= 0.6 is 23.7 Å². The molecule has 1 aliphatic heterocycles. The Kier molecular flexibility index (Phi) is 4.98. The molecule has 6 heteroatoms. The first-order chi connectivity index (χ1) is 8.34. The highest BCUT2D eigenvalue weighted by atomic mass is 35.5. The normalized spacial score (nSPS) is 27.2. The monoisotopic (exact) mass is 289 g/mol. The summed E-state index contributed by atoms with van der Waals surface area (Å²) in [5.74, 6) is 1.09. The Hall–Kier alpha value is -0.200. The molecule has 1 aliphatic carbocycles. The average molecular weight is 290 g/mol. The summed E-state index contributed by atoms with van der Waals surface area (Å²) in [6.45, 7) is 3.45. The molecule has 2 unspecified atom stereocenters. The Labute approximate surface area is 118 Å². The van der Waals surface area contributed by atoms with Gasteiger partial charge in [0, 0.05) is 42.9 Å². The van der Waals surface area contributed by atoms with Gasteiger partial charge < -0.3 is 15.7 Å². The molecule has 2 aliphatic rings. The fraction of sp³-hybridized carbons (Fsp3) is 0.750. The molecule has 0 bridgehead atoms. The minimum atomic E-state index is -0.188. The zero-order valence-electron chi connectivity index (χ0n) is 10.3. The number of aliphatic hydroxyl groups is 1. The van der Waals surface area contributed by atoms with Crippen LogP contribution in [0.15, 0.2) is 5.51 Å². The van der Waals surface area contributed by atoms with Crippen molar-refractivity contribution >= 4 is 23.7 Å². The zero-order chi connectivity index (χ0) is 11.7. The van der Waals surface area contributed by atoms with E-state index in [0.717, 1.165) is 32.1 Å². The second-order valence-corrected chi connectivity index (χ2v) is 5.99. The summed E-state index contributed by atoms with van der Waals surface area (Å²) in [6.07, 6.45) is 2.43. The maximum atomic E-state index is 9.69. The van der Waals surface area contributed by atoms with Crippen molar-refractivity contribution in [2.75, 3.05) is 19.6 Å². The Balaban J connectivity index is 0.00000120. The fourth-order valence-corrected chi connectivity index (χ4v) is 3.22. The van der Waals surface area contributed by atoms with Gasteiger partial charge >= 0.3 is 0 Å². The van der Waals surface area contributed by atoms with Crippen LogP contribution < -0.4 is 10.6 Å². The smallest absolute Gasteiger partial charge is 0.0798 e. The Bertz CT molecular complexity index is 383. The van der Waals surface area contributed by atoms with Crippen LogP contribution in [0.3, 0.4) is 0 Å². The minimum Gasteiger partial charge on any atom is -0.391 e. The lowest BCUT2D eigenvalue weighted by Gasteiger charge is -2.13. The molecular formula is C12H20ClN3OS. The minimum absolute atomic E-state index is 0. The van der Waals surface area contributed by atoms with Gasteiger partial charge in [0.25, 0.3) is 0 Å². The van der Waals surface area contributed by atoms with E-state index < -0.39 is 0 Å². The lowest BCUT2D eigenvalue weighted by molar-refractivity contribution is 0.146. The first-order valence-corrected chi connectivity index (χ1v) is 7.24. The van der Waals surface area contributed by atoms with Gasteiger partial charge in [-0.2, -0.15) is 0 Å². The average Bonchev–Trinajstić information content (AvgIpc) is 2.93. The van der Waals surface area contributed by atoms with Crippen LogP contribution in [0.5, 0.6) is 0 Å². The summed E-state index contributed by atoms with van der Waals surface area (Å²) < 4.78 is 0. The quantitative estimate of drug-likeness (QED) is 0.760. The summed E-state index contributed by atoms with van der Waals surface area (Å²) in [7, 11) is 0. The first-order valence-electron chi connectivity index (χ1n) is 6.36. The third kappa shape index (κ3) is 3.22. The summed E-state index contributed by atoms with van der Waals surface area (Å²) >= 11 is 1.75. The second kappa shape index (κ2) is 6.30. The largest absolute Gasteiger partial charge is 0.391 e. The SMILES string of the molecule is Cl.OC1CNCC1CNCc1scnc1C1CC1. The van der Waals surface area contributed by atoms with Crippen LogP contribution in [0.25, 0.3) is 0 Å². The van der Waals surface area contributed by atoms with Crippen molar-refractivity contribution in [3.63, 3.8) is 0 Å². The number of β-amino-alcohol motifs (C(OH)–C–C–N with tert-alkyl or cyclic N) is 1. The van der Waals surface area contributed by atoms with E-state index in [1.165, 1.54) is 23.4 Å². The van der Waals surface area contributed by atoms with Gasteiger partial charge in [-0.3, -0.25) is 0 Å². The van der Waals surface area contributed by atoms with E-state index in [1.54, 1.807) is 11.3 Å². The topological polar surface area (TPSA) is 57.2 Å². The lowest BCUT2D eigenvalue weighted by Crippen LogP contribution is -2.30. The number of thiazole rings is 1.